The minimum absolute atomic E-state index is 0.0185. The van der Waals surface area contributed by atoms with E-state index in [2.05, 4.69) is 15.3 Å². The van der Waals surface area contributed by atoms with E-state index in [-0.39, 0.29) is 24.7 Å². The number of H-pyrrole nitrogens is 1. The van der Waals surface area contributed by atoms with Crippen LogP contribution in [0.25, 0.3) is 11.3 Å². The highest BCUT2D eigenvalue weighted by Gasteiger charge is 2.16. The maximum Gasteiger partial charge on any atom is 0.251 e. The lowest BCUT2D eigenvalue weighted by Crippen LogP contribution is -2.37. The largest absolute Gasteiger partial charge is 0.489 e. The quantitative estimate of drug-likeness (QED) is 0.332. The molecule has 7 nitrogen and oxygen atoms in total. The third-order valence-corrected chi connectivity index (χ3v) is 5.53. The summed E-state index contributed by atoms with van der Waals surface area (Å²) in [6.45, 7) is 3.78. The molecule has 0 radical (unpaired) electrons. The zero-order valence-corrected chi connectivity index (χ0v) is 20.1. The van der Waals surface area contributed by atoms with Gasteiger partial charge in [-0.05, 0) is 50.5 Å². The van der Waals surface area contributed by atoms with E-state index >= 15 is 0 Å². The number of aromatic amines is 1. The van der Waals surface area contributed by atoms with Gasteiger partial charge in [0.15, 0.2) is 0 Å². The highest BCUT2D eigenvalue weighted by atomic mass is 35.5. The number of hydrogen-bond acceptors (Lipinski definition) is 5. The number of aromatic nitrogens is 2. The van der Waals surface area contributed by atoms with Crippen LogP contribution in [0.1, 0.15) is 48.4 Å². The van der Waals surface area contributed by atoms with E-state index < -0.39 is 0 Å². The maximum absolute atomic E-state index is 12.8. The van der Waals surface area contributed by atoms with Crippen LogP contribution in [0.4, 0.5) is 0 Å². The molecule has 0 fully saturated rings. The van der Waals surface area contributed by atoms with Crippen molar-refractivity contribution < 1.29 is 19.4 Å². The molecule has 0 bridgehead atoms. The van der Waals surface area contributed by atoms with Gasteiger partial charge in [0.25, 0.3) is 5.91 Å². The van der Waals surface area contributed by atoms with Gasteiger partial charge in [-0.15, -0.1) is 0 Å². The van der Waals surface area contributed by atoms with Gasteiger partial charge < -0.3 is 24.9 Å². The summed E-state index contributed by atoms with van der Waals surface area (Å²) < 4.78 is 5.62. The number of aryl methyl sites for hydroxylation is 1. The number of nitrogens with one attached hydrogen (secondary N) is 2. The lowest BCUT2D eigenvalue weighted by molar-refractivity contribution is -0.107. The van der Waals surface area contributed by atoms with E-state index in [4.69, 9.17) is 16.3 Å². The number of halogens is 1. The standard InChI is InChI=1S/C26H30ClN3O4/c1-17(2)34-24-10-9-20(15-22(24)27)26(33)29-21(11-13-32)14-18-5-7-19(8-6-18)23-16-28-25(30-23)4-3-12-31/h5-10,12,15-17,21,32H,3-4,11,13-14H2,1-2H3,(H,28,30)(H,29,33). The van der Waals surface area contributed by atoms with E-state index in [0.717, 1.165) is 28.9 Å². The first-order valence-electron chi connectivity index (χ1n) is 11.3. The fourth-order valence-corrected chi connectivity index (χ4v) is 3.80. The van der Waals surface area contributed by atoms with Crippen molar-refractivity contribution >= 4 is 23.8 Å². The van der Waals surface area contributed by atoms with Crippen molar-refractivity contribution in [3.63, 3.8) is 0 Å². The number of aliphatic hydroxyl groups is 1. The number of aldehydes is 1. The molecule has 0 saturated heterocycles. The third-order valence-electron chi connectivity index (χ3n) is 5.23. The number of aliphatic hydroxyl groups excluding tert-OH is 1. The number of rotatable bonds is 12. The van der Waals surface area contributed by atoms with Crippen molar-refractivity contribution in [2.45, 2.75) is 51.7 Å². The highest BCUT2D eigenvalue weighted by molar-refractivity contribution is 6.32. The third kappa shape index (κ3) is 7.17. The molecule has 0 saturated carbocycles. The summed E-state index contributed by atoms with van der Waals surface area (Å²) in [6, 6.07) is 12.6. The van der Waals surface area contributed by atoms with E-state index in [0.29, 0.717) is 42.0 Å². The number of hydrogen-bond donors (Lipinski definition) is 3. The van der Waals surface area contributed by atoms with Gasteiger partial charge in [-0.1, -0.05) is 35.9 Å². The minimum atomic E-state index is -0.257. The van der Waals surface area contributed by atoms with Crippen LogP contribution in [-0.2, 0) is 17.6 Å². The normalized spacial score (nSPS) is 11.9. The second kappa shape index (κ2) is 12.3. The average Bonchev–Trinajstić information content (AvgIpc) is 3.28. The van der Waals surface area contributed by atoms with Crippen molar-refractivity contribution in [3.05, 3.63) is 70.6 Å². The first kappa shape index (κ1) is 25.5. The number of imidazole rings is 1. The first-order chi connectivity index (χ1) is 16.4. The Kier molecular flexibility index (Phi) is 9.24. The number of nitrogens with zero attached hydrogens (tertiary/aromatic N) is 1. The minimum Gasteiger partial charge on any atom is -0.489 e. The summed E-state index contributed by atoms with van der Waals surface area (Å²) in [6.07, 6.45) is 4.70. The van der Waals surface area contributed by atoms with Gasteiger partial charge >= 0.3 is 0 Å². The van der Waals surface area contributed by atoms with Crippen LogP contribution in [0.15, 0.2) is 48.7 Å². The topological polar surface area (TPSA) is 104 Å². The Morgan fingerprint density at radius 1 is 1.24 bits per heavy atom. The average molecular weight is 484 g/mol. The molecule has 0 aliphatic carbocycles. The molecule has 0 aliphatic heterocycles. The van der Waals surface area contributed by atoms with Gasteiger partial charge in [0.05, 0.1) is 16.8 Å². The van der Waals surface area contributed by atoms with Gasteiger partial charge in [-0.3, -0.25) is 4.79 Å². The number of ether oxygens (including phenoxy) is 1. The molecule has 2 aromatic carbocycles. The van der Waals surface area contributed by atoms with Crippen LogP contribution in [0.5, 0.6) is 5.75 Å². The number of carbonyl (C=O) groups excluding carboxylic acids is 2. The van der Waals surface area contributed by atoms with Gasteiger partial charge in [-0.2, -0.15) is 0 Å². The molecule has 1 unspecified atom stereocenters. The summed E-state index contributed by atoms with van der Waals surface area (Å²) >= 11 is 6.27. The van der Waals surface area contributed by atoms with Crippen molar-refractivity contribution in [2.75, 3.05) is 6.61 Å². The van der Waals surface area contributed by atoms with Gasteiger partial charge in [0, 0.05) is 42.8 Å². The lowest BCUT2D eigenvalue weighted by Gasteiger charge is -2.19. The summed E-state index contributed by atoms with van der Waals surface area (Å²) in [5.74, 6) is 1.06. The van der Waals surface area contributed by atoms with E-state index in [9.17, 15) is 14.7 Å². The second-order valence-corrected chi connectivity index (χ2v) is 8.74. The first-order valence-corrected chi connectivity index (χ1v) is 11.7. The van der Waals surface area contributed by atoms with Crippen molar-refractivity contribution in [1.82, 2.24) is 15.3 Å². The van der Waals surface area contributed by atoms with E-state index in [1.54, 1.807) is 18.2 Å². The van der Waals surface area contributed by atoms with Gasteiger partial charge in [-0.25, -0.2) is 4.98 Å². The molecule has 3 rings (SSSR count). The van der Waals surface area contributed by atoms with Gasteiger partial charge in [0.2, 0.25) is 0 Å². The molecular formula is C26H30ClN3O4. The Bertz CT molecular complexity index is 1100. The SMILES string of the molecule is CC(C)Oc1ccc(C(=O)NC(CCO)Cc2ccc(-c3c[nH]c(CCC=O)n3)cc2)cc1Cl. The van der Waals surface area contributed by atoms with Crippen LogP contribution < -0.4 is 10.1 Å². The molecule has 1 amide bonds. The molecular weight excluding hydrogens is 454 g/mol. The van der Waals surface area contributed by atoms with Crippen LogP contribution in [0.2, 0.25) is 5.02 Å². The fraction of sp³-hybridized carbons (Fsp3) is 0.346. The monoisotopic (exact) mass is 483 g/mol. The highest BCUT2D eigenvalue weighted by Crippen LogP contribution is 2.26. The summed E-state index contributed by atoms with van der Waals surface area (Å²) in [5.41, 5.74) is 3.23. The lowest BCUT2D eigenvalue weighted by atomic mass is 10.0. The summed E-state index contributed by atoms with van der Waals surface area (Å²) in [4.78, 5) is 30.9. The number of carbonyl (C=O) groups is 2. The Labute approximate surface area is 204 Å². The zero-order chi connectivity index (χ0) is 24.5. The number of amides is 1. The van der Waals surface area contributed by atoms with Crippen LogP contribution in [0.3, 0.4) is 0 Å². The maximum atomic E-state index is 12.8. The molecule has 8 heteroatoms. The Morgan fingerprint density at radius 2 is 2.00 bits per heavy atom. The van der Waals surface area contributed by atoms with Crippen molar-refractivity contribution in [1.29, 1.82) is 0 Å². The van der Waals surface area contributed by atoms with Crippen LogP contribution in [0, 0.1) is 0 Å². The molecule has 1 atom stereocenters. The number of benzene rings is 2. The Hall–Kier alpha value is -3.16. The summed E-state index contributed by atoms with van der Waals surface area (Å²) in [7, 11) is 0. The molecule has 180 valence electrons. The predicted molar refractivity (Wildman–Crippen MR) is 132 cm³/mol. The predicted octanol–water partition coefficient (Wildman–Crippen LogP) is 4.37. The van der Waals surface area contributed by atoms with Crippen LogP contribution >= 0.6 is 11.6 Å². The van der Waals surface area contributed by atoms with Crippen LogP contribution in [-0.4, -0.2) is 46.0 Å². The molecule has 34 heavy (non-hydrogen) atoms. The molecule has 1 aromatic heterocycles. The second-order valence-electron chi connectivity index (χ2n) is 8.33. The van der Waals surface area contributed by atoms with Crippen molar-refractivity contribution in [3.8, 4) is 17.0 Å². The molecule has 0 spiro atoms. The van der Waals surface area contributed by atoms with E-state index in [1.165, 1.54) is 0 Å². The molecule has 3 N–H and O–H groups in total. The van der Waals surface area contributed by atoms with Crippen molar-refractivity contribution in [2.24, 2.45) is 0 Å². The fourth-order valence-electron chi connectivity index (χ4n) is 3.57. The molecule has 1 heterocycles. The smallest absolute Gasteiger partial charge is 0.251 e. The molecule has 0 aliphatic rings. The van der Waals surface area contributed by atoms with Gasteiger partial charge in [0.1, 0.15) is 17.9 Å². The van der Waals surface area contributed by atoms with E-state index in [1.807, 2.05) is 44.3 Å². The molecule has 3 aromatic rings. The Balaban J connectivity index is 1.64. The zero-order valence-electron chi connectivity index (χ0n) is 19.4. The summed E-state index contributed by atoms with van der Waals surface area (Å²) in [5, 5.41) is 12.9. The Morgan fingerprint density at radius 3 is 2.65 bits per heavy atom.